The summed E-state index contributed by atoms with van der Waals surface area (Å²) in [5.41, 5.74) is 5.69. The minimum Gasteiger partial charge on any atom is -0.385 e. The fourth-order valence-corrected chi connectivity index (χ4v) is 0.784. The standard InChI is InChI=1S/C7H17NO/c1-3-4-7(8)5-6-9-2/h7H,3-6,8H2,1-2H3. The van der Waals surface area contributed by atoms with Gasteiger partial charge in [-0.3, -0.25) is 0 Å². The summed E-state index contributed by atoms with van der Waals surface area (Å²) in [6.07, 6.45) is 3.28. The molecule has 2 N–H and O–H groups in total. The monoisotopic (exact) mass is 131 g/mol. The van der Waals surface area contributed by atoms with Gasteiger partial charge in [-0.1, -0.05) is 13.3 Å². The molecule has 2 heteroatoms. The van der Waals surface area contributed by atoms with E-state index in [-0.39, 0.29) is 0 Å². The summed E-state index contributed by atoms with van der Waals surface area (Å²) in [6.45, 7) is 2.94. The first-order valence-corrected chi connectivity index (χ1v) is 3.55. The van der Waals surface area contributed by atoms with E-state index in [1.807, 2.05) is 0 Å². The van der Waals surface area contributed by atoms with Gasteiger partial charge in [0, 0.05) is 19.8 Å². The molecule has 1 atom stereocenters. The lowest BCUT2D eigenvalue weighted by molar-refractivity contribution is 0.186. The summed E-state index contributed by atoms with van der Waals surface area (Å²) in [5, 5.41) is 0. The van der Waals surface area contributed by atoms with Crippen LogP contribution in [0.4, 0.5) is 0 Å². The molecule has 56 valence electrons. The number of rotatable bonds is 5. The Labute approximate surface area is 57.4 Å². The van der Waals surface area contributed by atoms with Crippen LogP contribution in [0, 0.1) is 0 Å². The molecule has 0 saturated carbocycles. The molecule has 1 unspecified atom stereocenters. The molecule has 0 fully saturated rings. The number of hydrogen-bond donors (Lipinski definition) is 1. The normalized spacial score (nSPS) is 13.7. The van der Waals surface area contributed by atoms with E-state index in [0.717, 1.165) is 19.4 Å². The van der Waals surface area contributed by atoms with Crippen LogP contribution in [0.3, 0.4) is 0 Å². The number of nitrogens with two attached hydrogens (primary N) is 1. The van der Waals surface area contributed by atoms with Crippen molar-refractivity contribution in [2.45, 2.75) is 32.2 Å². The van der Waals surface area contributed by atoms with Gasteiger partial charge in [-0.2, -0.15) is 0 Å². The van der Waals surface area contributed by atoms with Crippen LogP contribution in [0.25, 0.3) is 0 Å². The van der Waals surface area contributed by atoms with Gasteiger partial charge in [-0.25, -0.2) is 0 Å². The van der Waals surface area contributed by atoms with Crippen LogP contribution in [0.2, 0.25) is 0 Å². The minimum absolute atomic E-state index is 0.343. The average Bonchev–Trinajstić information content (AvgIpc) is 1.85. The Morgan fingerprint density at radius 3 is 2.56 bits per heavy atom. The third kappa shape index (κ3) is 5.80. The van der Waals surface area contributed by atoms with E-state index in [1.54, 1.807) is 7.11 Å². The third-order valence-corrected chi connectivity index (χ3v) is 1.35. The highest BCUT2D eigenvalue weighted by Gasteiger charge is 1.98. The van der Waals surface area contributed by atoms with Crippen LogP contribution in [-0.2, 0) is 4.74 Å². The SMILES string of the molecule is CCCC(N)CCOC. The maximum Gasteiger partial charge on any atom is 0.0477 e. The summed E-state index contributed by atoms with van der Waals surface area (Å²) in [7, 11) is 1.71. The minimum atomic E-state index is 0.343. The van der Waals surface area contributed by atoms with Gasteiger partial charge in [0.2, 0.25) is 0 Å². The molecule has 0 rings (SSSR count). The van der Waals surface area contributed by atoms with E-state index in [4.69, 9.17) is 10.5 Å². The Morgan fingerprint density at radius 1 is 1.44 bits per heavy atom. The lowest BCUT2D eigenvalue weighted by Gasteiger charge is -2.07. The van der Waals surface area contributed by atoms with Gasteiger partial charge < -0.3 is 10.5 Å². The molecule has 0 bridgehead atoms. The summed E-state index contributed by atoms with van der Waals surface area (Å²) in [6, 6.07) is 0.343. The zero-order valence-corrected chi connectivity index (χ0v) is 6.39. The molecule has 0 aromatic carbocycles. The van der Waals surface area contributed by atoms with E-state index in [2.05, 4.69) is 6.92 Å². The molecule has 0 aromatic heterocycles. The quantitative estimate of drug-likeness (QED) is 0.607. The van der Waals surface area contributed by atoms with E-state index in [9.17, 15) is 0 Å². The molecule has 9 heavy (non-hydrogen) atoms. The largest absolute Gasteiger partial charge is 0.385 e. The molecule has 0 saturated heterocycles. The summed E-state index contributed by atoms with van der Waals surface area (Å²) >= 11 is 0. The molecular formula is C7H17NO. The third-order valence-electron chi connectivity index (χ3n) is 1.35. The second-order valence-corrected chi connectivity index (χ2v) is 2.33. The van der Waals surface area contributed by atoms with Crippen molar-refractivity contribution in [3.05, 3.63) is 0 Å². The van der Waals surface area contributed by atoms with Gasteiger partial charge in [0.05, 0.1) is 0 Å². The summed E-state index contributed by atoms with van der Waals surface area (Å²) < 4.78 is 4.88. The van der Waals surface area contributed by atoms with E-state index >= 15 is 0 Å². The number of ether oxygens (including phenoxy) is 1. The molecule has 0 aliphatic heterocycles. The Morgan fingerprint density at radius 2 is 2.11 bits per heavy atom. The lowest BCUT2D eigenvalue weighted by Crippen LogP contribution is -2.21. The van der Waals surface area contributed by atoms with Gasteiger partial charge in [-0.05, 0) is 12.8 Å². The van der Waals surface area contributed by atoms with Crippen LogP contribution in [0.15, 0.2) is 0 Å². The number of methoxy groups -OCH3 is 1. The van der Waals surface area contributed by atoms with Crippen LogP contribution >= 0.6 is 0 Å². The highest BCUT2D eigenvalue weighted by Crippen LogP contribution is 1.97. The molecular weight excluding hydrogens is 114 g/mol. The second-order valence-electron chi connectivity index (χ2n) is 2.33. The maximum absolute atomic E-state index is 5.69. The van der Waals surface area contributed by atoms with Crippen LogP contribution in [-0.4, -0.2) is 19.8 Å². The van der Waals surface area contributed by atoms with E-state index in [1.165, 1.54) is 6.42 Å². The molecule has 0 aliphatic carbocycles. The van der Waals surface area contributed by atoms with E-state index in [0.29, 0.717) is 6.04 Å². The van der Waals surface area contributed by atoms with Crippen molar-refractivity contribution in [3.63, 3.8) is 0 Å². The Balaban J connectivity index is 2.95. The highest BCUT2D eigenvalue weighted by atomic mass is 16.5. The van der Waals surface area contributed by atoms with Gasteiger partial charge in [0.25, 0.3) is 0 Å². The van der Waals surface area contributed by atoms with Crippen LogP contribution in [0.5, 0.6) is 0 Å². The van der Waals surface area contributed by atoms with Gasteiger partial charge in [-0.15, -0.1) is 0 Å². The second kappa shape index (κ2) is 6.05. The zero-order valence-electron chi connectivity index (χ0n) is 6.39. The topological polar surface area (TPSA) is 35.2 Å². The molecule has 0 heterocycles. The fourth-order valence-electron chi connectivity index (χ4n) is 0.784. The first-order valence-electron chi connectivity index (χ1n) is 3.55. The van der Waals surface area contributed by atoms with Crippen LogP contribution in [0.1, 0.15) is 26.2 Å². The zero-order chi connectivity index (χ0) is 7.11. The number of hydrogen-bond acceptors (Lipinski definition) is 2. The van der Waals surface area contributed by atoms with Crippen molar-refractivity contribution >= 4 is 0 Å². The Bertz CT molecular complexity index is 56.9. The molecule has 0 radical (unpaired) electrons. The summed E-state index contributed by atoms with van der Waals surface area (Å²) in [4.78, 5) is 0. The molecule has 0 spiro atoms. The fraction of sp³-hybridized carbons (Fsp3) is 1.00. The van der Waals surface area contributed by atoms with E-state index < -0.39 is 0 Å². The van der Waals surface area contributed by atoms with Crippen molar-refractivity contribution in [1.82, 2.24) is 0 Å². The van der Waals surface area contributed by atoms with Crippen molar-refractivity contribution in [2.24, 2.45) is 5.73 Å². The van der Waals surface area contributed by atoms with Crippen molar-refractivity contribution < 1.29 is 4.74 Å². The smallest absolute Gasteiger partial charge is 0.0477 e. The predicted octanol–water partition coefficient (Wildman–Crippen LogP) is 1.15. The first-order chi connectivity index (χ1) is 4.31. The molecule has 0 amide bonds. The predicted molar refractivity (Wildman–Crippen MR) is 39.4 cm³/mol. The van der Waals surface area contributed by atoms with Crippen LogP contribution < -0.4 is 5.73 Å². The summed E-state index contributed by atoms with van der Waals surface area (Å²) in [5.74, 6) is 0. The Hall–Kier alpha value is -0.0800. The average molecular weight is 131 g/mol. The van der Waals surface area contributed by atoms with Gasteiger partial charge in [0.15, 0.2) is 0 Å². The molecule has 2 nitrogen and oxygen atoms in total. The lowest BCUT2D eigenvalue weighted by atomic mass is 10.1. The molecule has 0 aromatic rings. The van der Waals surface area contributed by atoms with Gasteiger partial charge in [0.1, 0.15) is 0 Å². The molecule has 0 aliphatic rings. The van der Waals surface area contributed by atoms with Crippen molar-refractivity contribution in [3.8, 4) is 0 Å². The maximum atomic E-state index is 5.69. The first kappa shape index (κ1) is 8.92. The van der Waals surface area contributed by atoms with Crippen molar-refractivity contribution in [1.29, 1.82) is 0 Å². The van der Waals surface area contributed by atoms with Gasteiger partial charge >= 0.3 is 0 Å². The van der Waals surface area contributed by atoms with Crippen molar-refractivity contribution in [2.75, 3.05) is 13.7 Å². The Kier molecular flexibility index (Phi) is 5.99. The highest BCUT2D eigenvalue weighted by molar-refractivity contribution is 4.58.